The van der Waals surface area contributed by atoms with Gasteiger partial charge in [-0.15, -0.1) is 0 Å². The summed E-state index contributed by atoms with van der Waals surface area (Å²) in [6.45, 7) is 4.28. The number of carbonyl (C=O) groups is 1. The van der Waals surface area contributed by atoms with Crippen molar-refractivity contribution in [1.82, 2.24) is 9.29 Å². The normalized spacial score (nSPS) is 19.7. The van der Waals surface area contributed by atoms with Crippen molar-refractivity contribution in [3.05, 3.63) is 18.3 Å². The van der Waals surface area contributed by atoms with Gasteiger partial charge in [-0.05, 0) is 44.7 Å². The lowest BCUT2D eigenvalue weighted by Crippen LogP contribution is -2.41. The Kier molecular flexibility index (Phi) is 5.59. The van der Waals surface area contributed by atoms with Crippen LogP contribution in [0.15, 0.2) is 23.4 Å². The van der Waals surface area contributed by atoms with Crippen molar-refractivity contribution < 1.29 is 17.9 Å². The summed E-state index contributed by atoms with van der Waals surface area (Å²) < 4.78 is 31.9. The predicted molar refractivity (Wildman–Crippen MR) is 86.0 cm³/mol. The summed E-state index contributed by atoms with van der Waals surface area (Å²) in [6, 6.07) is 3.11. The van der Waals surface area contributed by atoms with E-state index in [9.17, 15) is 13.2 Å². The van der Waals surface area contributed by atoms with Crippen LogP contribution in [0.1, 0.15) is 33.1 Å². The molecule has 2 N–H and O–H groups in total. The number of ether oxygens (including phenoxy) is 1. The van der Waals surface area contributed by atoms with Crippen LogP contribution < -0.4 is 5.73 Å². The Morgan fingerprint density at radius 1 is 1.52 bits per heavy atom. The standard InChI is InChI=1S/C15H23N3O4S/c1-11(2)22-14(19)9-12-5-4-8-18(10-12)23(20,21)15-13(16)6-3-7-17-15/h3,6-7,11-12H,4-5,8-10,16H2,1-2H3. The Morgan fingerprint density at radius 2 is 2.26 bits per heavy atom. The maximum absolute atomic E-state index is 12.7. The number of nitrogens with two attached hydrogens (primary N) is 1. The third kappa shape index (κ3) is 4.42. The van der Waals surface area contributed by atoms with E-state index in [0.29, 0.717) is 13.0 Å². The van der Waals surface area contributed by atoms with Crippen LogP contribution in [0.4, 0.5) is 5.69 Å². The van der Waals surface area contributed by atoms with E-state index in [-0.39, 0.29) is 41.7 Å². The van der Waals surface area contributed by atoms with Crippen LogP contribution in [0.2, 0.25) is 0 Å². The van der Waals surface area contributed by atoms with Gasteiger partial charge in [-0.3, -0.25) is 4.79 Å². The Labute approximate surface area is 136 Å². The summed E-state index contributed by atoms with van der Waals surface area (Å²) in [7, 11) is -3.74. The molecule has 0 spiro atoms. The van der Waals surface area contributed by atoms with Gasteiger partial charge in [-0.1, -0.05) is 0 Å². The zero-order valence-electron chi connectivity index (χ0n) is 13.4. The SMILES string of the molecule is CC(C)OC(=O)CC1CCCN(S(=O)(=O)c2ncccc2N)C1. The van der Waals surface area contributed by atoms with Crippen molar-refractivity contribution in [2.24, 2.45) is 5.92 Å². The van der Waals surface area contributed by atoms with Gasteiger partial charge in [0.1, 0.15) is 0 Å². The molecule has 0 amide bonds. The molecule has 1 unspecified atom stereocenters. The van der Waals surface area contributed by atoms with E-state index in [1.807, 2.05) is 0 Å². The van der Waals surface area contributed by atoms with E-state index in [4.69, 9.17) is 10.5 Å². The molecular formula is C15H23N3O4S. The minimum atomic E-state index is -3.74. The largest absolute Gasteiger partial charge is 0.463 e. The Bertz CT molecular complexity index is 660. The molecule has 1 saturated heterocycles. The number of hydrogen-bond donors (Lipinski definition) is 1. The molecule has 1 aromatic rings. The molecular weight excluding hydrogens is 318 g/mol. The molecule has 0 bridgehead atoms. The van der Waals surface area contributed by atoms with E-state index in [0.717, 1.165) is 6.42 Å². The lowest BCUT2D eigenvalue weighted by molar-refractivity contribution is -0.148. The third-order valence-electron chi connectivity index (χ3n) is 3.69. The Balaban J connectivity index is 2.09. The molecule has 8 heteroatoms. The zero-order valence-corrected chi connectivity index (χ0v) is 14.3. The van der Waals surface area contributed by atoms with Gasteiger partial charge in [-0.2, -0.15) is 4.31 Å². The Hall–Kier alpha value is -1.67. The van der Waals surface area contributed by atoms with Crippen LogP contribution in [0.3, 0.4) is 0 Å². The minimum Gasteiger partial charge on any atom is -0.463 e. The van der Waals surface area contributed by atoms with Gasteiger partial charge in [0.2, 0.25) is 0 Å². The van der Waals surface area contributed by atoms with Crippen LogP contribution in [-0.2, 0) is 19.6 Å². The number of esters is 1. The van der Waals surface area contributed by atoms with Gasteiger partial charge in [0, 0.05) is 25.7 Å². The number of nitrogen functional groups attached to an aromatic ring is 1. The summed E-state index contributed by atoms with van der Waals surface area (Å²) >= 11 is 0. The summed E-state index contributed by atoms with van der Waals surface area (Å²) in [6.07, 6.45) is 2.97. The van der Waals surface area contributed by atoms with E-state index >= 15 is 0 Å². The molecule has 2 heterocycles. The summed E-state index contributed by atoms with van der Waals surface area (Å²) in [5.41, 5.74) is 5.87. The molecule has 1 atom stereocenters. The smallest absolute Gasteiger partial charge is 0.306 e. The average Bonchev–Trinajstić information content (AvgIpc) is 2.46. The van der Waals surface area contributed by atoms with E-state index in [1.165, 1.54) is 16.6 Å². The fraction of sp³-hybridized carbons (Fsp3) is 0.600. The minimum absolute atomic E-state index is 0.0466. The number of carbonyl (C=O) groups excluding carboxylic acids is 1. The molecule has 23 heavy (non-hydrogen) atoms. The Morgan fingerprint density at radius 3 is 2.91 bits per heavy atom. The molecule has 1 aliphatic rings. The van der Waals surface area contributed by atoms with Gasteiger partial charge < -0.3 is 10.5 Å². The van der Waals surface area contributed by atoms with Crippen molar-refractivity contribution in [2.45, 2.75) is 44.2 Å². The van der Waals surface area contributed by atoms with Crippen LogP contribution in [-0.4, -0.2) is 42.9 Å². The van der Waals surface area contributed by atoms with Gasteiger partial charge in [0.05, 0.1) is 11.8 Å². The van der Waals surface area contributed by atoms with Gasteiger partial charge in [0.25, 0.3) is 10.0 Å². The molecule has 0 radical (unpaired) electrons. The average molecular weight is 341 g/mol. The molecule has 1 aromatic heterocycles. The van der Waals surface area contributed by atoms with E-state index in [2.05, 4.69) is 4.98 Å². The number of hydrogen-bond acceptors (Lipinski definition) is 6. The molecule has 1 fully saturated rings. The van der Waals surface area contributed by atoms with Crippen molar-refractivity contribution in [3.63, 3.8) is 0 Å². The second kappa shape index (κ2) is 7.27. The molecule has 0 aromatic carbocycles. The van der Waals surface area contributed by atoms with Crippen LogP contribution in [0.25, 0.3) is 0 Å². The quantitative estimate of drug-likeness (QED) is 0.812. The first-order valence-corrected chi connectivity index (χ1v) is 9.15. The number of anilines is 1. The molecule has 0 saturated carbocycles. The van der Waals surface area contributed by atoms with Crippen LogP contribution >= 0.6 is 0 Å². The third-order valence-corrected chi connectivity index (χ3v) is 5.53. The van der Waals surface area contributed by atoms with E-state index < -0.39 is 10.0 Å². The summed E-state index contributed by atoms with van der Waals surface area (Å²) in [5, 5.41) is -0.120. The summed E-state index contributed by atoms with van der Waals surface area (Å²) in [4.78, 5) is 15.7. The molecule has 0 aliphatic carbocycles. The fourth-order valence-corrected chi connectivity index (χ4v) is 4.28. The van der Waals surface area contributed by atoms with Crippen molar-refractivity contribution in [1.29, 1.82) is 0 Å². The van der Waals surface area contributed by atoms with Crippen molar-refractivity contribution in [2.75, 3.05) is 18.8 Å². The van der Waals surface area contributed by atoms with Gasteiger partial charge >= 0.3 is 5.97 Å². The highest BCUT2D eigenvalue weighted by atomic mass is 32.2. The van der Waals surface area contributed by atoms with Gasteiger partial charge in [-0.25, -0.2) is 13.4 Å². The van der Waals surface area contributed by atoms with Crippen molar-refractivity contribution >= 4 is 21.7 Å². The second-order valence-electron chi connectivity index (χ2n) is 6.01. The second-order valence-corrected chi connectivity index (χ2v) is 7.87. The number of pyridine rings is 1. The lowest BCUT2D eigenvalue weighted by atomic mass is 9.96. The highest BCUT2D eigenvalue weighted by Gasteiger charge is 2.33. The first-order chi connectivity index (χ1) is 10.8. The first-order valence-electron chi connectivity index (χ1n) is 7.71. The molecule has 2 rings (SSSR count). The van der Waals surface area contributed by atoms with E-state index in [1.54, 1.807) is 19.9 Å². The molecule has 1 aliphatic heterocycles. The number of rotatable bonds is 5. The van der Waals surface area contributed by atoms with Gasteiger partial charge in [0.15, 0.2) is 5.03 Å². The zero-order chi connectivity index (χ0) is 17.0. The maximum Gasteiger partial charge on any atom is 0.306 e. The topological polar surface area (TPSA) is 103 Å². The maximum atomic E-state index is 12.7. The molecule has 7 nitrogen and oxygen atoms in total. The highest BCUT2D eigenvalue weighted by molar-refractivity contribution is 7.89. The van der Waals surface area contributed by atoms with Crippen molar-refractivity contribution in [3.8, 4) is 0 Å². The number of nitrogens with zero attached hydrogens (tertiary/aromatic N) is 2. The molecule has 128 valence electrons. The highest BCUT2D eigenvalue weighted by Crippen LogP contribution is 2.27. The summed E-state index contributed by atoms with van der Waals surface area (Å²) in [5.74, 6) is -0.337. The lowest BCUT2D eigenvalue weighted by Gasteiger charge is -2.31. The fourth-order valence-electron chi connectivity index (χ4n) is 2.70. The number of sulfonamides is 1. The van der Waals surface area contributed by atoms with Crippen LogP contribution in [0, 0.1) is 5.92 Å². The number of aromatic nitrogens is 1. The first kappa shape index (κ1) is 17.7. The monoisotopic (exact) mass is 341 g/mol. The van der Waals surface area contributed by atoms with Crippen LogP contribution in [0.5, 0.6) is 0 Å². The number of piperidine rings is 1. The predicted octanol–water partition coefficient (Wildman–Crippen LogP) is 1.41.